The number of nitrogens with zero attached hydrogens (tertiary/aromatic N) is 1. The molecule has 0 aromatic heterocycles. The molecule has 0 saturated heterocycles. The summed E-state index contributed by atoms with van der Waals surface area (Å²) in [6.07, 6.45) is 2.29. The summed E-state index contributed by atoms with van der Waals surface area (Å²) in [6.45, 7) is 0. The van der Waals surface area contributed by atoms with Crippen molar-refractivity contribution < 1.29 is 42.6 Å². The fourth-order valence-corrected chi connectivity index (χ4v) is 1.14. The Balaban J connectivity index is 0.00000196. The number of hydrogen-bond acceptors (Lipinski definition) is 3. The van der Waals surface area contributed by atoms with Gasteiger partial charge in [0.05, 0.1) is 18.2 Å². The molecule has 0 aliphatic carbocycles. The van der Waals surface area contributed by atoms with Crippen molar-refractivity contribution in [1.29, 1.82) is 5.26 Å². The molecule has 15 heavy (non-hydrogen) atoms. The van der Waals surface area contributed by atoms with E-state index in [0.29, 0.717) is 24.1 Å². The Labute approximate surface area is 113 Å². The van der Waals surface area contributed by atoms with Gasteiger partial charge in [-0.05, 0) is 12.0 Å². The zero-order chi connectivity index (χ0) is 10.4. The van der Waals surface area contributed by atoms with Crippen molar-refractivity contribution >= 4 is 12.1 Å². The van der Waals surface area contributed by atoms with Crippen molar-refractivity contribution in [3.05, 3.63) is 23.8 Å². The molecule has 1 amide bonds. The van der Waals surface area contributed by atoms with E-state index in [4.69, 9.17) is 5.26 Å². The van der Waals surface area contributed by atoms with E-state index in [1.165, 1.54) is 6.41 Å². The third-order valence-corrected chi connectivity index (χ3v) is 1.81. The van der Waals surface area contributed by atoms with E-state index in [2.05, 4.69) is 5.32 Å². The van der Waals surface area contributed by atoms with Gasteiger partial charge in [-0.15, -0.1) is 6.07 Å². The number of aromatic hydroxyl groups is 1. The second-order valence-electron chi connectivity index (χ2n) is 2.70. The number of para-hydroxylation sites is 1. The molecule has 1 rings (SSSR count). The van der Waals surface area contributed by atoms with Crippen LogP contribution >= 0.6 is 0 Å². The molecule has 2 N–H and O–H groups in total. The van der Waals surface area contributed by atoms with Crippen molar-refractivity contribution in [3.63, 3.8) is 0 Å². The second-order valence-corrected chi connectivity index (χ2v) is 2.70. The van der Waals surface area contributed by atoms with E-state index < -0.39 is 0 Å². The fourth-order valence-electron chi connectivity index (χ4n) is 1.14. The Hall–Kier alpha value is -0.916. The van der Waals surface area contributed by atoms with Gasteiger partial charge in [-0.25, -0.2) is 0 Å². The first-order chi connectivity index (χ1) is 6.79. The Morgan fingerprint density at radius 2 is 2.27 bits per heavy atom. The zero-order valence-corrected chi connectivity index (χ0v) is 10.9. The molecule has 4 nitrogen and oxygen atoms in total. The molecule has 1 radical (unpaired) electrons. The monoisotopic (exact) mass is 278 g/mol. The molecule has 0 fully saturated rings. The fraction of sp³-hybridized carbons (Fsp3) is 0.200. The Kier molecular flexibility index (Phi) is 6.93. The van der Waals surface area contributed by atoms with Gasteiger partial charge in [-0.3, -0.25) is 0 Å². The molecule has 0 unspecified atom stereocenters. The van der Waals surface area contributed by atoms with Crippen molar-refractivity contribution in [2.75, 3.05) is 5.32 Å². The smallest absolute Gasteiger partial charge is 0.0693 e. The number of anilines is 1. The molecule has 1 aromatic rings. The van der Waals surface area contributed by atoms with Gasteiger partial charge in [-0.2, -0.15) is 5.26 Å². The average molecular weight is 278 g/mol. The number of phenolic OH excluding ortho intramolecular Hbond substituents is 1. The predicted octanol–water partition coefficient (Wildman–Crippen LogP) is 1.32. The number of amides is 1. The first kappa shape index (κ1) is 14.1. The van der Waals surface area contributed by atoms with Crippen LogP contribution in [0.15, 0.2) is 18.2 Å². The normalized spacial score (nSPS) is 8.47. The van der Waals surface area contributed by atoms with Gasteiger partial charge >= 0.3 is 0 Å². The van der Waals surface area contributed by atoms with Crippen LogP contribution in [0.25, 0.3) is 0 Å². The second kappa shape index (κ2) is 7.39. The minimum Gasteiger partial charge on any atom is -0.525 e. The van der Waals surface area contributed by atoms with Crippen LogP contribution in [-0.2, 0) is 43.9 Å². The molecule has 0 heterocycles. The number of nitrogens with one attached hydrogen (secondary N) is 1. The summed E-state index contributed by atoms with van der Waals surface area (Å²) < 4.78 is 0. The average Bonchev–Trinajstić information content (AvgIpc) is 2.20. The molecule has 5 heteroatoms. The number of rotatable bonds is 4. The minimum absolute atomic E-state index is 0. The summed E-state index contributed by atoms with van der Waals surface area (Å²) in [7, 11) is 0. The summed E-state index contributed by atoms with van der Waals surface area (Å²) >= 11 is 0. The molecular formula is C10H9N2O2Y-. The third-order valence-electron chi connectivity index (χ3n) is 1.81. The standard InChI is InChI=1S/C10H9N2O2.Y/c11-6-2-4-8-3-1-5-9(10(8)14)12-7-13;/h1,3,5,14H,2,4H2,(H,12,13);/q-1;. The predicted molar refractivity (Wildman–Crippen MR) is 51.4 cm³/mol. The van der Waals surface area contributed by atoms with Crippen molar-refractivity contribution in [2.24, 2.45) is 0 Å². The minimum atomic E-state index is 0. The molecule has 0 spiro atoms. The maximum Gasteiger partial charge on any atom is 0.0693 e. The third kappa shape index (κ3) is 3.98. The van der Waals surface area contributed by atoms with Crippen LogP contribution in [0, 0.1) is 11.3 Å². The number of carbonyl (C=O) groups excluding carboxylic acids is 1. The van der Waals surface area contributed by atoms with Crippen LogP contribution in [0.3, 0.4) is 0 Å². The molecular weight excluding hydrogens is 269 g/mol. The summed E-state index contributed by atoms with van der Waals surface area (Å²) in [6, 6.07) is 6.96. The van der Waals surface area contributed by atoms with Gasteiger partial charge < -0.3 is 15.2 Å². The van der Waals surface area contributed by atoms with E-state index in [-0.39, 0.29) is 38.5 Å². The molecule has 0 saturated carbocycles. The molecule has 0 bridgehead atoms. The summed E-state index contributed by atoms with van der Waals surface area (Å²) in [5, 5.41) is 20.2. The number of aryl methyl sites for hydroxylation is 1. The van der Waals surface area contributed by atoms with Gasteiger partial charge in [0.1, 0.15) is 0 Å². The van der Waals surface area contributed by atoms with Crippen LogP contribution in [-0.4, -0.2) is 11.5 Å². The van der Waals surface area contributed by atoms with Gasteiger partial charge in [0.15, 0.2) is 0 Å². The summed E-state index contributed by atoms with van der Waals surface area (Å²) in [5.74, 6) is 0.00565. The maximum atomic E-state index is 10.1. The largest absolute Gasteiger partial charge is 0.525 e. The van der Waals surface area contributed by atoms with Crippen molar-refractivity contribution in [3.8, 4) is 11.8 Å². The molecule has 0 aliphatic heterocycles. The first-order valence-corrected chi connectivity index (χ1v) is 4.10. The molecule has 1 aromatic carbocycles. The molecule has 0 aliphatic rings. The molecule has 0 atom stereocenters. The van der Waals surface area contributed by atoms with Gasteiger partial charge in [0.25, 0.3) is 0 Å². The first-order valence-electron chi connectivity index (χ1n) is 4.10. The van der Waals surface area contributed by atoms with Crippen LogP contribution in [0.1, 0.15) is 12.0 Å². The number of phenols is 1. The number of nitriles is 1. The maximum absolute atomic E-state index is 10.1. The van der Waals surface area contributed by atoms with Crippen LogP contribution in [0.5, 0.6) is 5.75 Å². The summed E-state index contributed by atoms with van der Waals surface area (Å²) in [4.78, 5) is 10.1. The van der Waals surface area contributed by atoms with Gasteiger partial charge in [0, 0.05) is 39.1 Å². The van der Waals surface area contributed by atoms with E-state index in [0.717, 1.165) is 0 Å². The van der Waals surface area contributed by atoms with E-state index >= 15 is 0 Å². The van der Waals surface area contributed by atoms with Crippen LogP contribution < -0.4 is 5.32 Å². The quantitative estimate of drug-likeness (QED) is 0.495. The zero-order valence-electron chi connectivity index (χ0n) is 8.03. The van der Waals surface area contributed by atoms with E-state index in [1.54, 1.807) is 18.2 Å². The van der Waals surface area contributed by atoms with E-state index in [9.17, 15) is 9.90 Å². The van der Waals surface area contributed by atoms with Crippen molar-refractivity contribution in [2.45, 2.75) is 12.8 Å². The number of benzene rings is 1. The molecule has 75 valence electrons. The SMILES string of the molecule is N#CCCc1cccc(N[C-]=O)c1O.[Y]. The van der Waals surface area contributed by atoms with Crippen LogP contribution in [0.4, 0.5) is 5.69 Å². The topological polar surface area (TPSA) is 73.1 Å². The van der Waals surface area contributed by atoms with Crippen LogP contribution in [0.2, 0.25) is 0 Å². The van der Waals surface area contributed by atoms with Crippen molar-refractivity contribution in [1.82, 2.24) is 0 Å². The Morgan fingerprint density at radius 1 is 1.53 bits per heavy atom. The van der Waals surface area contributed by atoms with Gasteiger partial charge in [-0.1, -0.05) is 17.8 Å². The Morgan fingerprint density at radius 3 is 2.87 bits per heavy atom. The summed E-state index contributed by atoms with van der Waals surface area (Å²) in [5.41, 5.74) is 0.960. The van der Waals surface area contributed by atoms with Gasteiger partial charge in [0.2, 0.25) is 0 Å². The van der Waals surface area contributed by atoms with E-state index in [1.807, 2.05) is 6.07 Å². The number of hydrogen-bond donors (Lipinski definition) is 2. The Bertz CT molecular complexity index is 374.